The molecule has 0 unspecified atom stereocenters. The number of morpholine rings is 1. The fourth-order valence-electron chi connectivity index (χ4n) is 2.94. The summed E-state index contributed by atoms with van der Waals surface area (Å²) in [5, 5.41) is 0.396. The fraction of sp³-hybridized carbons (Fsp3) is 0.368. The van der Waals surface area contributed by atoms with Crippen molar-refractivity contribution in [2.24, 2.45) is 0 Å². The third kappa shape index (κ3) is 5.05. The van der Waals surface area contributed by atoms with Gasteiger partial charge in [-0.05, 0) is 30.7 Å². The first-order chi connectivity index (χ1) is 12.4. The van der Waals surface area contributed by atoms with Crippen LogP contribution in [0.2, 0.25) is 5.02 Å². The first kappa shape index (κ1) is 19.3. The molecule has 1 aliphatic heterocycles. The molecular weight excluding hydrogens is 372 g/mol. The number of hydrogen-bond acceptors (Lipinski definition) is 4. The van der Waals surface area contributed by atoms with Crippen LogP contribution in [0.25, 0.3) is 0 Å². The molecule has 1 aliphatic rings. The Labute approximate surface area is 160 Å². The molecule has 0 aromatic heterocycles. The van der Waals surface area contributed by atoms with Crippen molar-refractivity contribution in [2.75, 3.05) is 32.8 Å². The molecule has 1 N–H and O–H groups in total. The first-order valence-electron chi connectivity index (χ1n) is 8.58. The summed E-state index contributed by atoms with van der Waals surface area (Å²) in [4.78, 5) is 2.39. The molecule has 0 saturated carbocycles. The third-order valence-electron chi connectivity index (χ3n) is 4.43. The molecule has 140 valence electrons. The van der Waals surface area contributed by atoms with Crippen molar-refractivity contribution in [3.05, 3.63) is 64.7 Å². The predicted molar refractivity (Wildman–Crippen MR) is 103 cm³/mol. The summed E-state index contributed by atoms with van der Waals surface area (Å²) in [6.07, 6.45) is 0. The highest BCUT2D eigenvalue weighted by atomic mass is 35.5. The molecule has 2 aromatic rings. The zero-order valence-electron chi connectivity index (χ0n) is 14.7. The quantitative estimate of drug-likeness (QED) is 0.818. The van der Waals surface area contributed by atoms with Gasteiger partial charge in [-0.15, -0.1) is 0 Å². The van der Waals surface area contributed by atoms with Crippen molar-refractivity contribution in [1.82, 2.24) is 9.62 Å². The molecule has 26 heavy (non-hydrogen) atoms. The monoisotopic (exact) mass is 394 g/mol. The van der Waals surface area contributed by atoms with Crippen LogP contribution in [-0.4, -0.2) is 46.2 Å². The zero-order valence-corrected chi connectivity index (χ0v) is 16.3. The summed E-state index contributed by atoms with van der Waals surface area (Å²) in [7, 11) is -3.68. The van der Waals surface area contributed by atoms with Crippen molar-refractivity contribution in [1.29, 1.82) is 0 Å². The molecule has 0 spiro atoms. The lowest BCUT2D eigenvalue weighted by molar-refractivity contribution is 0.0345. The van der Waals surface area contributed by atoms with Gasteiger partial charge in [0.05, 0.1) is 24.2 Å². The topological polar surface area (TPSA) is 58.6 Å². The number of nitrogens with one attached hydrogen (secondary N) is 1. The molecule has 0 bridgehead atoms. The number of halogens is 1. The van der Waals surface area contributed by atoms with Crippen LogP contribution in [0.3, 0.4) is 0 Å². The number of benzene rings is 2. The maximum atomic E-state index is 12.9. The van der Waals surface area contributed by atoms with E-state index < -0.39 is 10.0 Å². The Morgan fingerprint density at radius 2 is 1.85 bits per heavy atom. The largest absolute Gasteiger partial charge is 0.379 e. The van der Waals surface area contributed by atoms with Crippen LogP contribution in [0.5, 0.6) is 0 Å². The molecule has 1 atom stereocenters. The van der Waals surface area contributed by atoms with Crippen molar-refractivity contribution < 1.29 is 13.2 Å². The lowest BCUT2D eigenvalue weighted by Crippen LogP contribution is -2.43. The Morgan fingerprint density at radius 3 is 2.50 bits per heavy atom. The van der Waals surface area contributed by atoms with E-state index in [1.165, 1.54) is 6.07 Å². The van der Waals surface area contributed by atoms with Crippen LogP contribution in [0.1, 0.15) is 17.2 Å². The van der Waals surface area contributed by atoms with E-state index in [0.29, 0.717) is 24.8 Å². The van der Waals surface area contributed by atoms with Gasteiger partial charge in [-0.2, -0.15) is 0 Å². The smallest absolute Gasteiger partial charge is 0.241 e. The van der Waals surface area contributed by atoms with E-state index in [1.54, 1.807) is 18.2 Å². The van der Waals surface area contributed by atoms with E-state index in [-0.39, 0.29) is 10.9 Å². The van der Waals surface area contributed by atoms with Gasteiger partial charge < -0.3 is 4.74 Å². The van der Waals surface area contributed by atoms with E-state index in [0.717, 1.165) is 24.2 Å². The Hall–Kier alpha value is -1.44. The molecule has 0 aliphatic carbocycles. The van der Waals surface area contributed by atoms with Crippen molar-refractivity contribution in [3.8, 4) is 0 Å². The van der Waals surface area contributed by atoms with Gasteiger partial charge in [0.1, 0.15) is 0 Å². The zero-order chi connectivity index (χ0) is 18.6. The van der Waals surface area contributed by atoms with Crippen molar-refractivity contribution >= 4 is 21.6 Å². The number of rotatable bonds is 6. The van der Waals surface area contributed by atoms with Gasteiger partial charge in [0, 0.05) is 24.7 Å². The minimum atomic E-state index is -3.68. The Morgan fingerprint density at radius 1 is 1.15 bits per heavy atom. The lowest BCUT2D eigenvalue weighted by Gasteiger charge is -2.31. The minimum Gasteiger partial charge on any atom is -0.379 e. The predicted octanol–water partition coefficient (Wildman–Crippen LogP) is 3.00. The van der Waals surface area contributed by atoms with E-state index in [4.69, 9.17) is 16.3 Å². The summed E-state index contributed by atoms with van der Waals surface area (Å²) in [6, 6.07) is 13.9. The number of ether oxygens (including phenoxy) is 1. The van der Waals surface area contributed by atoms with Crippen LogP contribution < -0.4 is 4.72 Å². The minimum absolute atomic E-state index is 0.170. The van der Waals surface area contributed by atoms with Crippen molar-refractivity contribution in [3.63, 3.8) is 0 Å². The van der Waals surface area contributed by atoms with Gasteiger partial charge >= 0.3 is 0 Å². The molecule has 0 radical (unpaired) electrons. The van der Waals surface area contributed by atoms with E-state index >= 15 is 0 Å². The molecule has 7 heteroatoms. The van der Waals surface area contributed by atoms with Crippen LogP contribution in [-0.2, 0) is 14.8 Å². The Bertz CT molecular complexity index is 834. The molecule has 1 fully saturated rings. The van der Waals surface area contributed by atoms with Gasteiger partial charge in [0.15, 0.2) is 0 Å². The first-order valence-corrected chi connectivity index (χ1v) is 10.4. The van der Waals surface area contributed by atoms with Crippen LogP contribution in [0.4, 0.5) is 0 Å². The number of nitrogens with zero attached hydrogens (tertiary/aromatic N) is 1. The van der Waals surface area contributed by atoms with Gasteiger partial charge in [0.2, 0.25) is 10.0 Å². The molecule has 2 aromatic carbocycles. The maximum Gasteiger partial charge on any atom is 0.241 e. The van der Waals surface area contributed by atoms with Crippen LogP contribution in [0.15, 0.2) is 53.4 Å². The van der Waals surface area contributed by atoms with Gasteiger partial charge in [-0.3, -0.25) is 4.90 Å². The fourth-order valence-corrected chi connectivity index (χ4v) is 4.46. The van der Waals surface area contributed by atoms with Crippen molar-refractivity contribution in [2.45, 2.75) is 17.9 Å². The van der Waals surface area contributed by atoms with Gasteiger partial charge in [-0.25, -0.2) is 13.1 Å². The second kappa shape index (κ2) is 8.50. The standard InChI is InChI=1S/C19H23ClN2O3S/c1-15-5-7-16(8-6-15)19(14-22-9-11-25-12-10-22)21-26(23,24)18-4-2-3-17(20)13-18/h2-8,13,19,21H,9-12,14H2,1H3/t19-/m0/s1. The highest BCUT2D eigenvalue weighted by Gasteiger charge is 2.24. The number of hydrogen-bond donors (Lipinski definition) is 1. The summed E-state index contributed by atoms with van der Waals surface area (Å²) in [5.41, 5.74) is 2.07. The molecule has 5 nitrogen and oxygen atoms in total. The highest BCUT2D eigenvalue weighted by Crippen LogP contribution is 2.21. The summed E-state index contributed by atoms with van der Waals surface area (Å²) < 4.78 is 34.0. The average Bonchev–Trinajstić information content (AvgIpc) is 2.62. The third-order valence-corrected chi connectivity index (χ3v) is 6.13. The Balaban J connectivity index is 1.85. The van der Waals surface area contributed by atoms with E-state index in [9.17, 15) is 8.42 Å². The molecule has 1 heterocycles. The molecular formula is C19H23ClN2O3S. The van der Waals surface area contributed by atoms with Gasteiger partial charge in [0.25, 0.3) is 0 Å². The normalized spacial score (nSPS) is 17.2. The molecule has 1 saturated heterocycles. The molecule has 0 amide bonds. The summed E-state index contributed by atoms with van der Waals surface area (Å²) in [6.45, 7) is 5.52. The van der Waals surface area contributed by atoms with Crippen LogP contribution in [0, 0.1) is 6.92 Å². The maximum absolute atomic E-state index is 12.9. The second-order valence-corrected chi connectivity index (χ2v) is 8.61. The SMILES string of the molecule is Cc1ccc([C@H](CN2CCOCC2)NS(=O)(=O)c2cccc(Cl)c2)cc1. The van der Waals surface area contributed by atoms with E-state index in [1.807, 2.05) is 31.2 Å². The summed E-state index contributed by atoms with van der Waals surface area (Å²) >= 11 is 5.96. The number of aryl methyl sites for hydroxylation is 1. The summed E-state index contributed by atoms with van der Waals surface area (Å²) in [5.74, 6) is 0. The van der Waals surface area contributed by atoms with E-state index in [2.05, 4.69) is 9.62 Å². The molecule has 3 rings (SSSR count). The average molecular weight is 395 g/mol. The second-order valence-electron chi connectivity index (χ2n) is 6.45. The number of sulfonamides is 1. The van der Waals surface area contributed by atoms with Gasteiger partial charge in [-0.1, -0.05) is 47.5 Å². The lowest BCUT2D eigenvalue weighted by atomic mass is 10.1. The highest BCUT2D eigenvalue weighted by molar-refractivity contribution is 7.89. The van der Waals surface area contributed by atoms with Crippen LogP contribution >= 0.6 is 11.6 Å². The Kier molecular flexibility index (Phi) is 6.32.